The highest BCUT2D eigenvalue weighted by molar-refractivity contribution is 7.90. The number of hydrogen-bond acceptors (Lipinski definition) is 5. The van der Waals surface area contributed by atoms with E-state index in [-0.39, 0.29) is 23.4 Å². The van der Waals surface area contributed by atoms with Crippen molar-refractivity contribution in [2.24, 2.45) is 0 Å². The summed E-state index contributed by atoms with van der Waals surface area (Å²) in [6, 6.07) is 13.6. The van der Waals surface area contributed by atoms with Crippen LogP contribution in [0.5, 0.6) is 5.75 Å². The van der Waals surface area contributed by atoms with Crippen LogP contribution in [0.15, 0.2) is 53.4 Å². The third kappa shape index (κ3) is 5.22. The monoisotopic (exact) mass is 362 g/mol. The smallest absolute Gasteiger partial charge is 0.239 e. The number of nitrogens with one attached hydrogen (secondary N) is 2. The van der Waals surface area contributed by atoms with Gasteiger partial charge in [-0.1, -0.05) is 24.3 Å². The lowest BCUT2D eigenvalue weighted by Gasteiger charge is -2.17. The van der Waals surface area contributed by atoms with Crippen molar-refractivity contribution >= 4 is 21.4 Å². The van der Waals surface area contributed by atoms with Crippen molar-refractivity contribution in [1.82, 2.24) is 5.32 Å². The topological polar surface area (TPSA) is 84.5 Å². The summed E-state index contributed by atoms with van der Waals surface area (Å²) in [7, 11) is -1.69. The van der Waals surface area contributed by atoms with Crippen LogP contribution in [0.25, 0.3) is 0 Å². The van der Waals surface area contributed by atoms with Crippen LogP contribution in [0, 0.1) is 0 Å². The zero-order chi connectivity index (χ0) is 18.4. The summed E-state index contributed by atoms with van der Waals surface area (Å²) in [4.78, 5) is 12.4. The molecule has 2 rings (SSSR count). The van der Waals surface area contributed by atoms with Gasteiger partial charge >= 0.3 is 0 Å². The van der Waals surface area contributed by atoms with Crippen molar-refractivity contribution in [3.63, 3.8) is 0 Å². The fraction of sp³-hybridized carbons (Fsp3) is 0.278. The number of carbonyl (C=O) groups excluding carboxylic acids is 1. The number of para-hydroxylation sites is 1. The second kappa shape index (κ2) is 8.02. The van der Waals surface area contributed by atoms with Crippen LogP contribution < -0.4 is 15.4 Å². The molecule has 1 amide bonds. The number of carbonyl (C=O) groups is 1. The maximum absolute atomic E-state index is 12.1. The van der Waals surface area contributed by atoms with E-state index >= 15 is 0 Å². The zero-order valence-electron chi connectivity index (χ0n) is 14.4. The first-order chi connectivity index (χ1) is 11.8. The van der Waals surface area contributed by atoms with Crippen molar-refractivity contribution in [3.05, 3.63) is 54.1 Å². The second-order valence-corrected chi connectivity index (χ2v) is 7.70. The molecule has 2 aromatic carbocycles. The Hall–Kier alpha value is -2.54. The number of rotatable bonds is 7. The fourth-order valence-corrected chi connectivity index (χ4v) is 3.08. The zero-order valence-corrected chi connectivity index (χ0v) is 15.3. The first-order valence-corrected chi connectivity index (χ1v) is 9.66. The number of hydrogen-bond donors (Lipinski definition) is 2. The molecule has 2 aromatic rings. The number of amides is 1. The predicted molar refractivity (Wildman–Crippen MR) is 97.6 cm³/mol. The molecule has 7 heteroatoms. The number of benzene rings is 2. The molecular formula is C18H22N2O4S. The average molecular weight is 362 g/mol. The predicted octanol–water partition coefficient (Wildman–Crippen LogP) is 2.39. The second-order valence-electron chi connectivity index (χ2n) is 5.68. The van der Waals surface area contributed by atoms with Gasteiger partial charge in [-0.3, -0.25) is 4.79 Å². The van der Waals surface area contributed by atoms with E-state index < -0.39 is 9.84 Å². The number of methoxy groups -OCH3 is 1. The van der Waals surface area contributed by atoms with Crippen molar-refractivity contribution in [3.8, 4) is 5.75 Å². The van der Waals surface area contributed by atoms with Gasteiger partial charge in [0.05, 0.1) is 24.6 Å². The molecule has 0 aliphatic carbocycles. The molecule has 134 valence electrons. The van der Waals surface area contributed by atoms with E-state index in [2.05, 4.69) is 10.6 Å². The molecule has 0 heterocycles. The fourth-order valence-electron chi connectivity index (χ4n) is 2.41. The summed E-state index contributed by atoms with van der Waals surface area (Å²) < 4.78 is 28.4. The third-order valence-corrected chi connectivity index (χ3v) is 4.81. The summed E-state index contributed by atoms with van der Waals surface area (Å²) in [5.41, 5.74) is 1.46. The van der Waals surface area contributed by atoms with Crippen LogP contribution in [-0.4, -0.2) is 34.2 Å². The van der Waals surface area contributed by atoms with Gasteiger partial charge in [0.1, 0.15) is 5.75 Å². The van der Waals surface area contributed by atoms with Crippen molar-refractivity contribution in [1.29, 1.82) is 0 Å². The lowest BCUT2D eigenvalue weighted by molar-refractivity contribution is -0.120. The van der Waals surface area contributed by atoms with Crippen molar-refractivity contribution in [2.45, 2.75) is 17.9 Å². The minimum Gasteiger partial charge on any atom is -0.496 e. The van der Waals surface area contributed by atoms with Gasteiger partial charge in [0.25, 0.3) is 0 Å². The van der Waals surface area contributed by atoms with Gasteiger partial charge in [0.2, 0.25) is 5.91 Å². The Balaban J connectivity index is 1.97. The van der Waals surface area contributed by atoms with E-state index in [0.717, 1.165) is 11.8 Å². The van der Waals surface area contributed by atoms with E-state index in [1.165, 1.54) is 12.1 Å². The van der Waals surface area contributed by atoms with Gasteiger partial charge < -0.3 is 15.4 Å². The quantitative estimate of drug-likeness (QED) is 0.790. The Kier molecular flexibility index (Phi) is 6.03. The normalized spacial score (nSPS) is 12.3. The highest BCUT2D eigenvalue weighted by Gasteiger charge is 2.13. The maximum atomic E-state index is 12.1. The molecule has 6 nitrogen and oxygen atoms in total. The van der Waals surface area contributed by atoms with Gasteiger partial charge in [-0.25, -0.2) is 8.42 Å². The molecule has 0 spiro atoms. The number of ether oxygens (including phenoxy) is 1. The van der Waals surface area contributed by atoms with Crippen LogP contribution in [-0.2, 0) is 14.6 Å². The summed E-state index contributed by atoms with van der Waals surface area (Å²) in [5, 5.41) is 5.82. The maximum Gasteiger partial charge on any atom is 0.239 e. The van der Waals surface area contributed by atoms with Crippen molar-refractivity contribution < 1.29 is 17.9 Å². The van der Waals surface area contributed by atoms with Gasteiger partial charge in [-0.05, 0) is 31.2 Å². The number of anilines is 1. The van der Waals surface area contributed by atoms with E-state index in [9.17, 15) is 13.2 Å². The first kappa shape index (κ1) is 18.8. The largest absolute Gasteiger partial charge is 0.496 e. The molecule has 0 fully saturated rings. The average Bonchev–Trinajstić information content (AvgIpc) is 2.59. The molecule has 0 radical (unpaired) electrons. The van der Waals surface area contributed by atoms with Crippen LogP contribution in [0.3, 0.4) is 0 Å². The van der Waals surface area contributed by atoms with Crippen LogP contribution >= 0.6 is 0 Å². The Labute approximate surface area is 148 Å². The van der Waals surface area contributed by atoms with E-state index in [1.54, 1.807) is 19.2 Å². The standard InChI is InChI=1S/C18H22N2O4S/c1-13(16-9-4-5-10-17(16)24-2)20-18(21)12-19-14-7-6-8-15(11-14)25(3,22)23/h4-11,13,19H,12H2,1-3H3,(H,20,21). The lowest BCUT2D eigenvalue weighted by atomic mass is 10.1. The molecule has 0 aliphatic rings. The van der Waals surface area contributed by atoms with E-state index in [0.29, 0.717) is 11.4 Å². The molecule has 25 heavy (non-hydrogen) atoms. The summed E-state index contributed by atoms with van der Waals surface area (Å²) in [6.07, 6.45) is 1.15. The van der Waals surface area contributed by atoms with Crippen molar-refractivity contribution in [2.75, 3.05) is 25.2 Å². The van der Waals surface area contributed by atoms with Crippen LogP contribution in [0.1, 0.15) is 18.5 Å². The third-order valence-electron chi connectivity index (χ3n) is 3.70. The summed E-state index contributed by atoms with van der Waals surface area (Å²) in [6.45, 7) is 1.91. The highest BCUT2D eigenvalue weighted by Crippen LogP contribution is 2.24. The molecular weight excluding hydrogens is 340 g/mol. The highest BCUT2D eigenvalue weighted by atomic mass is 32.2. The summed E-state index contributed by atoms with van der Waals surface area (Å²) in [5.74, 6) is 0.507. The Morgan fingerprint density at radius 1 is 1.16 bits per heavy atom. The molecule has 1 unspecified atom stereocenters. The van der Waals surface area contributed by atoms with E-state index in [1.807, 2.05) is 31.2 Å². The Morgan fingerprint density at radius 2 is 1.88 bits per heavy atom. The Bertz CT molecular complexity index is 850. The van der Waals surface area contributed by atoms with Gasteiger partial charge in [0.15, 0.2) is 9.84 Å². The molecule has 0 saturated heterocycles. The molecule has 0 aromatic heterocycles. The first-order valence-electron chi connectivity index (χ1n) is 7.77. The van der Waals surface area contributed by atoms with Gasteiger partial charge in [-0.2, -0.15) is 0 Å². The summed E-state index contributed by atoms with van der Waals surface area (Å²) >= 11 is 0. The minimum atomic E-state index is -3.28. The molecule has 0 aliphatic heterocycles. The van der Waals surface area contributed by atoms with Gasteiger partial charge in [0, 0.05) is 17.5 Å². The molecule has 0 saturated carbocycles. The minimum absolute atomic E-state index is 0.0344. The van der Waals surface area contributed by atoms with Crippen LogP contribution in [0.2, 0.25) is 0 Å². The molecule has 2 N–H and O–H groups in total. The lowest BCUT2D eigenvalue weighted by Crippen LogP contribution is -2.32. The van der Waals surface area contributed by atoms with Gasteiger partial charge in [-0.15, -0.1) is 0 Å². The Morgan fingerprint density at radius 3 is 2.56 bits per heavy atom. The molecule has 1 atom stereocenters. The SMILES string of the molecule is COc1ccccc1C(C)NC(=O)CNc1cccc(S(C)(=O)=O)c1. The number of sulfone groups is 1. The van der Waals surface area contributed by atoms with E-state index in [4.69, 9.17) is 4.74 Å². The molecule has 0 bridgehead atoms. The van der Waals surface area contributed by atoms with Crippen LogP contribution in [0.4, 0.5) is 5.69 Å².